The van der Waals surface area contributed by atoms with Gasteiger partial charge in [0.25, 0.3) is 0 Å². The van der Waals surface area contributed by atoms with Gasteiger partial charge in [0.15, 0.2) is 0 Å². The van der Waals surface area contributed by atoms with Crippen LogP contribution in [0.2, 0.25) is 0 Å². The molecule has 1 fully saturated rings. The number of nitrogens with one attached hydrogen (secondary N) is 1. The van der Waals surface area contributed by atoms with Crippen LogP contribution >= 0.6 is 12.4 Å². The lowest BCUT2D eigenvalue weighted by molar-refractivity contribution is 0.290. The van der Waals surface area contributed by atoms with Gasteiger partial charge in [-0.1, -0.05) is 18.2 Å². The number of anilines is 1. The summed E-state index contributed by atoms with van der Waals surface area (Å²) in [6, 6.07) is 14.3. The fourth-order valence-corrected chi connectivity index (χ4v) is 4.92. The zero-order valence-corrected chi connectivity index (χ0v) is 16.1. The molecule has 2 aliphatic rings. The van der Waals surface area contributed by atoms with Gasteiger partial charge >= 0.3 is 0 Å². The zero-order chi connectivity index (χ0) is 17.3. The molecule has 2 heterocycles. The van der Waals surface area contributed by atoms with Crippen LogP contribution in [-0.4, -0.2) is 40.7 Å². The predicted molar refractivity (Wildman–Crippen MR) is 104 cm³/mol. The highest BCUT2D eigenvalue weighted by Gasteiger charge is 2.28. The average molecular weight is 395 g/mol. The quantitative estimate of drug-likeness (QED) is 0.867. The molecule has 0 aliphatic carbocycles. The van der Waals surface area contributed by atoms with Crippen molar-refractivity contribution in [3.63, 3.8) is 0 Å². The van der Waals surface area contributed by atoms with Crippen molar-refractivity contribution in [1.29, 1.82) is 0 Å². The van der Waals surface area contributed by atoms with Crippen molar-refractivity contribution < 1.29 is 13.2 Å². The summed E-state index contributed by atoms with van der Waals surface area (Å²) in [7, 11) is -3.52. The third-order valence-electron chi connectivity index (χ3n) is 4.94. The lowest BCUT2D eigenvalue weighted by Crippen LogP contribution is -2.46. The molecule has 0 amide bonds. The Hall–Kier alpha value is -1.76. The van der Waals surface area contributed by atoms with Crippen LogP contribution in [0.1, 0.15) is 12.8 Å². The average Bonchev–Trinajstić information content (AvgIpc) is 2.68. The summed E-state index contributed by atoms with van der Waals surface area (Å²) < 4.78 is 31.4. The Morgan fingerprint density at radius 1 is 1.00 bits per heavy atom. The van der Waals surface area contributed by atoms with Crippen LogP contribution in [0.25, 0.3) is 0 Å². The van der Waals surface area contributed by atoms with E-state index in [1.807, 2.05) is 12.1 Å². The first-order valence-corrected chi connectivity index (χ1v) is 10.2. The van der Waals surface area contributed by atoms with E-state index < -0.39 is 9.84 Å². The molecule has 0 aromatic heterocycles. The second-order valence-electron chi connectivity index (χ2n) is 6.47. The van der Waals surface area contributed by atoms with Crippen molar-refractivity contribution in [3.05, 3.63) is 48.5 Å². The maximum absolute atomic E-state index is 12.8. The Morgan fingerprint density at radius 3 is 2.46 bits per heavy atom. The predicted octanol–water partition coefficient (Wildman–Crippen LogP) is 2.89. The molecule has 1 N–H and O–H groups in total. The van der Waals surface area contributed by atoms with Crippen molar-refractivity contribution in [2.45, 2.75) is 28.7 Å². The summed E-state index contributed by atoms with van der Waals surface area (Å²) in [6.45, 7) is 3.49. The number of benzene rings is 2. The molecule has 0 unspecified atom stereocenters. The van der Waals surface area contributed by atoms with E-state index in [1.165, 1.54) is 0 Å². The first kappa shape index (κ1) is 19.0. The number of rotatable bonds is 3. The van der Waals surface area contributed by atoms with Gasteiger partial charge < -0.3 is 15.0 Å². The Bertz CT molecular complexity index is 852. The van der Waals surface area contributed by atoms with Crippen molar-refractivity contribution in [2.75, 3.05) is 31.1 Å². The number of hydrogen-bond donors (Lipinski definition) is 1. The van der Waals surface area contributed by atoms with Crippen LogP contribution in [0.15, 0.2) is 58.3 Å². The molecule has 0 bridgehead atoms. The third-order valence-corrected chi connectivity index (χ3v) is 6.71. The summed E-state index contributed by atoms with van der Waals surface area (Å²) in [5, 5.41) is 3.39. The molecular weight excluding hydrogens is 372 g/mol. The van der Waals surface area contributed by atoms with E-state index in [0.717, 1.165) is 38.2 Å². The summed E-state index contributed by atoms with van der Waals surface area (Å²) in [5.74, 6) is 0.668. The van der Waals surface area contributed by atoms with Gasteiger partial charge in [-0.05, 0) is 50.2 Å². The fourth-order valence-electron chi connectivity index (χ4n) is 3.62. The molecule has 2 aromatic rings. The highest BCUT2D eigenvalue weighted by atomic mass is 35.5. The van der Waals surface area contributed by atoms with Crippen LogP contribution in [0.5, 0.6) is 5.75 Å². The Balaban J connectivity index is 0.00000196. The molecule has 7 heteroatoms. The molecule has 5 nitrogen and oxygen atoms in total. The van der Waals surface area contributed by atoms with Gasteiger partial charge in [-0.3, -0.25) is 0 Å². The molecule has 0 spiro atoms. The second kappa shape index (κ2) is 7.86. The summed E-state index contributed by atoms with van der Waals surface area (Å²) >= 11 is 0. The first-order chi connectivity index (χ1) is 12.2. The molecule has 0 saturated carbocycles. The molecule has 0 atom stereocenters. The number of hydrogen-bond acceptors (Lipinski definition) is 5. The van der Waals surface area contributed by atoms with Gasteiger partial charge in [-0.2, -0.15) is 0 Å². The number of ether oxygens (including phenoxy) is 1. The van der Waals surface area contributed by atoms with Crippen LogP contribution < -0.4 is 15.0 Å². The van der Waals surface area contributed by atoms with E-state index in [-0.39, 0.29) is 17.3 Å². The van der Waals surface area contributed by atoms with Crippen molar-refractivity contribution >= 4 is 27.9 Å². The minimum Gasteiger partial charge on any atom is -0.490 e. The van der Waals surface area contributed by atoms with Gasteiger partial charge in [0.05, 0.1) is 22.0 Å². The van der Waals surface area contributed by atoms with E-state index in [0.29, 0.717) is 23.3 Å². The van der Waals surface area contributed by atoms with E-state index in [9.17, 15) is 8.42 Å². The minimum absolute atomic E-state index is 0. The van der Waals surface area contributed by atoms with Crippen LogP contribution in [0, 0.1) is 0 Å². The number of piperidine rings is 1. The SMILES string of the molecule is Cl.O=S(=O)(c1ccccc1)c1ccc2c(c1)OCCN2C1CCNCC1. The maximum atomic E-state index is 12.8. The standard InChI is InChI=1S/C19H22N2O3S.ClH/c22-25(23,16-4-2-1-3-5-16)17-6-7-18-19(14-17)24-13-12-21(18)15-8-10-20-11-9-15;/h1-7,14-15,20H,8-13H2;1H. The minimum atomic E-state index is -3.52. The number of nitrogens with zero attached hydrogens (tertiary/aromatic N) is 1. The van der Waals surface area contributed by atoms with Crippen molar-refractivity contribution in [3.8, 4) is 5.75 Å². The maximum Gasteiger partial charge on any atom is 0.206 e. The molecule has 2 aliphatic heterocycles. The van der Waals surface area contributed by atoms with E-state index in [2.05, 4.69) is 10.2 Å². The van der Waals surface area contributed by atoms with E-state index >= 15 is 0 Å². The summed E-state index contributed by atoms with van der Waals surface area (Å²) in [5.41, 5.74) is 1.00. The largest absolute Gasteiger partial charge is 0.490 e. The second-order valence-corrected chi connectivity index (χ2v) is 8.42. The van der Waals surface area contributed by atoms with Crippen molar-refractivity contribution in [1.82, 2.24) is 5.32 Å². The molecule has 140 valence electrons. The van der Waals surface area contributed by atoms with Gasteiger partial charge in [0.1, 0.15) is 12.4 Å². The lowest BCUT2D eigenvalue weighted by Gasteiger charge is -2.39. The van der Waals surface area contributed by atoms with Gasteiger partial charge in [-0.25, -0.2) is 8.42 Å². The Labute approximate surface area is 160 Å². The van der Waals surface area contributed by atoms with Gasteiger partial charge in [0, 0.05) is 12.1 Å². The number of sulfone groups is 1. The highest BCUT2D eigenvalue weighted by Crippen LogP contribution is 2.37. The van der Waals surface area contributed by atoms with E-state index in [1.54, 1.807) is 36.4 Å². The zero-order valence-electron chi connectivity index (χ0n) is 14.4. The first-order valence-electron chi connectivity index (χ1n) is 8.70. The van der Waals surface area contributed by atoms with Gasteiger partial charge in [0.2, 0.25) is 9.84 Å². The van der Waals surface area contributed by atoms with Crippen LogP contribution in [0.3, 0.4) is 0 Å². The van der Waals surface area contributed by atoms with E-state index in [4.69, 9.17) is 4.74 Å². The molecular formula is C19H23ClN2O3S. The molecule has 1 saturated heterocycles. The number of halogens is 1. The monoisotopic (exact) mass is 394 g/mol. The van der Waals surface area contributed by atoms with Crippen LogP contribution in [0.4, 0.5) is 5.69 Å². The highest BCUT2D eigenvalue weighted by molar-refractivity contribution is 7.91. The number of fused-ring (bicyclic) bond motifs is 1. The molecule has 4 rings (SSSR count). The van der Waals surface area contributed by atoms with Crippen molar-refractivity contribution in [2.24, 2.45) is 0 Å². The summed E-state index contributed by atoms with van der Waals surface area (Å²) in [4.78, 5) is 2.96. The lowest BCUT2D eigenvalue weighted by atomic mass is 10.0. The molecule has 0 radical (unpaired) electrons. The molecule has 26 heavy (non-hydrogen) atoms. The normalized spacial score (nSPS) is 17.8. The van der Waals surface area contributed by atoms with Gasteiger partial charge in [-0.15, -0.1) is 12.4 Å². The third kappa shape index (κ3) is 3.54. The fraction of sp³-hybridized carbons (Fsp3) is 0.368. The Morgan fingerprint density at radius 2 is 1.73 bits per heavy atom. The van der Waals surface area contributed by atoms with Crippen LogP contribution in [-0.2, 0) is 9.84 Å². The smallest absolute Gasteiger partial charge is 0.206 e. The summed E-state index contributed by atoms with van der Waals surface area (Å²) in [6.07, 6.45) is 2.20. The Kier molecular flexibility index (Phi) is 5.75. The topological polar surface area (TPSA) is 58.6 Å². The molecule has 2 aromatic carbocycles.